The smallest absolute Gasteiger partial charge is 0.408 e. The molecule has 44 heavy (non-hydrogen) atoms. The summed E-state index contributed by atoms with van der Waals surface area (Å²) in [6, 6.07) is 14.8. The number of alkyl carbamates (subject to hydrolysis) is 1. The summed E-state index contributed by atoms with van der Waals surface area (Å²) >= 11 is 0. The Morgan fingerprint density at radius 2 is 1.30 bits per heavy atom. The van der Waals surface area contributed by atoms with E-state index in [2.05, 4.69) is 16.0 Å². The van der Waals surface area contributed by atoms with Gasteiger partial charge in [-0.3, -0.25) is 9.59 Å². The molecule has 0 fully saturated rings. The minimum Gasteiger partial charge on any atom is -0.467 e. The molecule has 0 spiro atoms. The zero-order valence-corrected chi connectivity index (χ0v) is 27.0. The largest absolute Gasteiger partial charge is 0.467 e. The summed E-state index contributed by atoms with van der Waals surface area (Å²) in [6.07, 6.45) is -1.50. The molecule has 0 saturated heterocycles. The van der Waals surface area contributed by atoms with Crippen LogP contribution in [-0.2, 0) is 46.4 Å². The number of esters is 1. The SMILES string of the molecule is COC(=O)[C@H](COC(C)(C)C)NC(=O)[C@@H](NC(=O)[C@H](Cc1ccccc1)NC(=O)OCc1ccccc1)C(C)OC(C)(C)C. The van der Waals surface area contributed by atoms with E-state index in [0.717, 1.165) is 11.1 Å². The van der Waals surface area contributed by atoms with Gasteiger partial charge in [-0.05, 0) is 59.6 Å². The molecule has 3 amide bonds. The predicted octanol–water partition coefficient (Wildman–Crippen LogP) is 3.69. The third kappa shape index (κ3) is 13.6. The van der Waals surface area contributed by atoms with Crippen LogP contribution in [0, 0.1) is 0 Å². The molecular formula is C33H47N3O8. The highest BCUT2D eigenvalue weighted by Crippen LogP contribution is 2.15. The van der Waals surface area contributed by atoms with Gasteiger partial charge >= 0.3 is 12.1 Å². The number of hydrogen-bond donors (Lipinski definition) is 3. The lowest BCUT2D eigenvalue weighted by molar-refractivity contribution is -0.150. The molecule has 11 nitrogen and oxygen atoms in total. The Morgan fingerprint density at radius 3 is 1.82 bits per heavy atom. The van der Waals surface area contributed by atoms with Gasteiger partial charge in [-0.2, -0.15) is 0 Å². The van der Waals surface area contributed by atoms with Gasteiger partial charge in [0.15, 0.2) is 6.04 Å². The van der Waals surface area contributed by atoms with Crippen LogP contribution in [0.4, 0.5) is 4.79 Å². The minimum atomic E-state index is -1.25. The van der Waals surface area contributed by atoms with Crippen LogP contribution < -0.4 is 16.0 Å². The number of ether oxygens (including phenoxy) is 4. The first kappa shape index (κ1) is 36.2. The maximum atomic E-state index is 13.7. The Bertz CT molecular complexity index is 1210. The Hall–Kier alpha value is -3.96. The molecule has 0 aliphatic rings. The molecule has 1 unspecified atom stereocenters. The van der Waals surface area contributed by atoms with Crippen molar-refractivity contribution >= 4 is 23.9 Å². The highest BCUT2D eigenvalue weighted by atomic mass is 16.5. The van der Waals surface area contributed by atoms with Gasteiger partial charge in [-0.25, -0.2) is 9.59 Å². The standard InChI is InChI=1S/C33H47N3O8/c1-22(44-33(5,6)7)27(29(38)34-26(30(39)41-8)21-43-32(2,3)4)36-28(37)25(19-23-15-11-9-12-16-23)35-31(40)42-20-24-17-13-10-14-18-24/h9-18,22,25-27H,19-21H2,1-8H3,(H,34,38)(H,35,40)(H,36,37)/t22?,25-,26-,27-/m0/s1. The summed E-state index contributed by atoms with van der Waals surface area (Å²) in [5, 5.41) is 8.00. The first-order valence-corrected chi connectivity index (χ1v) is 14.6. The number of hydrogen-bond acceptors (Lipinski definition) is 8. The lowest BCUT2D eigenvalue weighted by atomic mass is 10.0. The zero-order valence-electron chi connectivity index (χ0n) is 27.0. The summed E-state index contributed by atoms with van der Waals surface area (Å²) < 4.78 is 22.0. The van der Waals surface area contributed by atoms with Crippen molar-refractivity contribution in [3.63, 3.8) is 0 Å². The van der Waals surface area contributed by atoms with Crippen LogP contribution in [0.2, 0.25) is 0 Å². The van der Waals surface area contributed by atoms with Gasteiger partial charge < -0.3 is 34.9 Å². The predicted molar refractivity (Wildman–Crippen MR) is 166 cm³/mol. The van der Waals surface area contributed by atoms with Crippen molar-refractivity contribution in [3.8, 4) is 0 Å². The van der Waals surface area contributed by atoms with Crippen molar-refractivity contribution in [1.29, 1.82) is 0 Å². The highest BCUT2D eigenvalue weighted by Gasteiger charge is 2.36. The number of benzene rings is 2. The van der Waals surface area contributed by atoms with Gasteiger partial charge in [0.25, 0.3) is 0 Å². The lowest BCUT2D eigenvalue weighted by Crippen LogP contribution is -2.61. The van der Waals surface area contributed by atoms with Crippen LogP contribution in [0.25, 0.3) is 0 Å². The van der Waals surface area contributed by atoms with Crippen LogP contribution in [0.3, 0.4) is 0 Å². The molecule has 3 N–H and O–H groups in total. The first-order chi connectivity index (χ1) is 20.6. The second-order valence-electron chi connectivity index (χ2n) is 12.4. The fourth-order valence-corrected chi connectivity index (χ4v) is 4.15. The van der Waals surface area contributed by atoms with Crippen LogP contribution in [0.5, 0.6) is 0 Å². The van der Waals surface area contributed by atoms with Crippen molar-refractivity contribution in [2.45, 2.75) is 96.9 Å². The summed E-state index contributed by atoms with van der Waals surface area (Å²) in [6.45, 7) is 12.4. The minimum absolute atomic E-state index is 0.0133. The Kier molecular flexibility index (Phi) is 13.8. The summed E-state index contributed by atoms with van der Waals surface area (Å²) in [5.74, 6) is -2.04. The molecule has 0 radical (unpaired) electrons. The topological polar surface area (TPSA) is 141 Å². The summed E-state index contributed by atoms with van der Waals surface area (Å²) in [4.78, 5) is 52.7. The van der Waals surface area contributed by atoms with E-state index >= 15 is 0 Å². The van der Waals surface area contributed by atoms with Gasteiger partial charge in [0.2, 0.25) is 11.8 Å². The molecule has 11 heteroatoms. The van der Waals surface area contributed by atoms with Crippen molar-refractivity contribution in [2.75, 3.05) is 13.7 Å². The van der Waals surface area contributed by atoms with E-state index in [9.17, 15) is 19.2 Å². The van der Waals surface area contributed by atoms with E-state index in [1.165, 1.54) is 7.11 Å². The van der Waals surface area contributed by atoms with Crippen LogP contribution in [-0.4, -0.2) is 73.0 Å². The van der Waals surface area contributed by atoms with E-state index in [0.29, 0.717) is 0 Å². The number of rotatable bonds is 14. The fourth-order valence-electron chi connectivity index (χ4n) is 4.15. The molecule has 0 heterocycles. The molecule has 242 valence electrons. The number of nitrogens with one attached hydrogen (secondary N) is 3. The Morgan fingerprint density at radius 1 is 0.727 bits per heavy atom. The third-order valence-corrected chi connectivity index (χ3v) is 6.18. The maximum Gasteiger partial charge on any atom is 0.408 e. The molecule has 0 bridgehead atoms. The molecule has 0 aromatic heterocycles. The van der Waals surface area contributed by atoms with Crippen molar-refractivity contribution in [3.05, 3.63) is 71.8 Å². The average Bonchev–Trinajstić information content (AvgIpc) is 2.95. The fraction of sp³-hybridized carbons (Fsp3) is 0.515. The monoisotopic (exact) mass is 613 g/mol. The third-order valence-electron chi connectivity index (χ3n) is 6.18. The maximum absolute atomic E-state index is 13.7. The zero-order chi connectivity index (χ0) is 32.9. The lowest BCUT2D eigenvalue weighted by Gasteiger charge is -2.32. The number of methoxy groups -OCH3 is 1. The molecular weight excluding hydrogens is 566 g/mol. The van der Waals surface area contributed by atoms with Crippen molar-refractivity contribution in [1.82, 2.24) is 16.0 Å². The van der Waals surface area contributed by atoms with E-state index < -0.39 is 59.3 Å². The van der Waals surface area contributed by atoms with Crippen LogP contribution in [0.15, 0.2) is 60.7 Å². The van der Waals surface area contributed by atoms with Gasteiger partial charge in [0.1, 0.15) is 18.7 Å². The van der Waals surface area contributed by atoms with Gasteiger partial charge in [0.05, 0.1) is 31.0 Å². The second-order valence-corrected chi connectivity index (χ2v) is 12.4. The van der Waals surface area contributed by atoms with E-state index in [-0.39, 0.29) is 19.6 Å². The van der Waals surface area contributed by atoms with Crippen LogP contribution >= 0.6 is 0 Å². The molecule has 0 aliphatic carbocycles. The summed E-state index contributed by atoms with van der Waals surface area (Å²) in [7, 11) is 1.21. The Balaban J connectivity index is 2.29. The van der Waals surface area contributed by atoms with Gasteiger partial charge in [0, 0.05) is 6.42 Å². The highest BCUT2D eigenvalue weighted by molar-refractivity contribution is 5.93. The Labute approximate surface area is 260 Å². The molecule has 4 atom stereocenters. The number of amides is 3. The average molecular weight is 614 g/mol. The molecule has 2 aromatic carbocycles. The molecule has 2 rings (SSSR count). The van der Waals surface area contributed by atoms with E-state index in [1.807, 2.05) is 102 Å². The number of carbonyl (C=O) groups is 4. The van der Waals surface area contributed by atoms with Crippen LogP contribution in [0.1, 0.15) is 59.6 Å². The van der Waals surface area contributed by atoms with Gasteiger partial charge in [-0.15, -0.1) is 0 Å². The van der Waals surface area contributed by atoms with Crippen molar-refractivity contribution in [2.24, 2.45) is 0 Å². The van der Waals surface area contributed by atoms with E-state index in [4.69, 9.17) is 18.9 Å². The first-order valence-electron chi connectivity index (χ1n) is 14.6. The molecule has 2 aromatic rings. The van der Waals surface area contributed by atoms with E-state index in [1.54, 1.807) is 6.92 Å². The quantitative estimate of drug-likeness (QED) is 0.274. The summed E-state index contributed by atoms with van der Waals surface area (Å²) in [5.41, 5.74) is 0.315. The number of carbonyl (C=O) groups excluding carboxylic acids is 4. The van der Waals surface area contributed by atoms with Gasteiger partial charge in [-0.1, -0.05) is 60.7 Å². The normalized spacial score (nSPS) is 14.4. The second kappa shape index (κ2) is 16.8. The van der Waals surface area contributed by atoms with Crippen molar-refractivity contribution < 1.29 is 38.1 Å². The molecule has 0 aliphatic heterocycles. The molecule has 0 saturated carbocycles.